The van der Waals surface area contributed by atoms with Crippen LogP contribution >= 0.6 is 0 Å². The molecule has 0 saturated heterocycles. The summed E-state index contributed by atoms with van der Waals surface area (Å²) in [6, 6.07) is 0.102. The van der Waals surface area contributed by atoms with Gasteiger partial charge in [0.05, 0.1) is 6.61 Å². The maximum atomic E-state index is 11.9. The van der Waals surface area contributed by atoms with E-state index < -0.39 is 0 Å². The lowest BCUT2D eigenvalue weighted by atomic mass is 9.81. The number of nitrogens with two attached hydrogens (primary N) is 1. The normalized spacial score (nSPS) is 27.4. The molecule has 1 rings (SSSR count). The Morgan fingerprint density at radius 2 is 2.06 bits per heavy atom. The van der Waals surface area contributed by atoms with Crippen molar-refractivity contribution < 1.29 is 9.53 Å². The highest BCUT2D eigenvalue weighted by molar-refractivity contribution is 5.78. The van der Waals surface area contributed by atoms with Crippen LogP contribution in [0.1, 0.15) is 32.6 Å². The maximum absolute atomic E-state index is 11.9. The van der Waals surface area contributed by atoms with Gasteiger partial charge in [0.2, 0.25) is 5.91 Å². The summed E-state index contributed by atoms with van der Waals surface area (Å²) >= 11 is 0. The Kier molecular flexibility index (Phi) is 5.77. The topological polar surface area (TPSA) is 64.3 Å². The molecule has 1 amide bonds. The average Bonchev–Trinajstić information content (AvgIpc) is 2.29. The highest BCUT2D eigenvalue weighted by atomic mass is 16.5. The Labute approximate surface area is 97.9 Å². The summed E-state index contributed by atoms with van der Waals surface area (Å²) in [5.74, 6) is 0.988. The molecular formula is C12H24N2O2. The number of rotatable bonds is 5. The van der Waals surface area contributed by atoms with E-state index in [1.54, 1.807) is 7.11 Å². The van der Waals surface area contributed by atoms with Gasteiger partial charge in [0.1, 0.15) is 0 Å². The van der Waals surface area contributed by atoms with Crippen LogP contribution in [0.3, 0.4) is 0 Å². The maximum Gasteiger partial charge on any atom is 0.223 e. The van der Waals surface area contributed by atoms with E-state index in [0.717, 1.165) is 32.2 Å². The first-order valence-corrected chi connectivity index (χ1v) is 6.16. The molecule has 0 aliphatic heterocycles. The highest BCUT2D eigenvalue weighted by Crippen LogP contribution is 2.28. The fraction of sp³-hybridized carbons (Fsp3) is 0.917. The second-order valence-electron chi connectivity index (χ2n) is 4.82. The van der Waals surface area contributed by atoms with Crippen LogP contribution in [0.5, 0.6) is 0 Å². The molecule has 0 aromatic heterocycles. The van der Waals surface area contributed by atoms with Crippen LogP contribution in [0.4, 0.5) is 0 Å². The monoisotopic (exact) mass is 228 g/mol. The zero-order valence-corrected chi connectivity index (χ0v) is 10.4. The zero-order chi connectivity index (χ0) is 12.0. The van der Waals surface area contributed by atoms with Gasteiger partial charge in [-0.15, -0.1) is 0 Å². The van der Waals surface area contributed by atoms with Crippen LogP contribution in [0.15, 0.2) is 0 Å². The minimum Gasteiger partial charge on any atom is -0.383 e. The Balaban J connectivity index is 2.27. The Morgan fingerprint density at radius 1 is 1.44 bits per heavy atom. The molecule has 0 aromatic carbocycles. The summed E-state index contributed by atoms with van der Waals surface area (Å²) in [4.78, 5) is 11.9. The van der Waals surface area contributed by atoms with Gasteiger partial charge in [-0.05, 0) is 45.1 Å². The molecule has 4 heteroatoms. The van der Waals surface area contributed by atoms with Crippen LogP contribution in [-0.2, 0) is 9.53 Å². The first-order valence-electron chi connectivity index (χ1n) is 6.16. The van der Waals surface area contributed by atoms with E-state index >= 15 is 0 Å². The van der Waals surface area contributed by atoms with Gasteiger partial charge in [-0.25, -0.2) is 0 Å². The van der Waals surface area contributed by atoms with Crippen molar-refractivity contribution in [3.63, 3.8) is 0 Å². The van der Waals surface area contributed by atoms with E-state index in [9.17, 15) is 4.79 Å². The van der Waals surface area contributed by atoms with Gasteiger partial charge in [0.25, 0.3) is 0 Å². The van der Waals surface area contributed by atoms with Crippen molar-refractivity contribution in [2.75, 3.05) is 20.3 Å². The van der Waals surface area contributed by atoms with Crippen LogP contribution in [0, 0.1) is 11.8 Å². The van der Waals surface area contributed by atoms with Crippen LogP contribution < -0.4 is 11.1 Å². The third-order valence-electron chi connectivity index (χ3n) is 3.36. The molecule has 0 radical (unpaired) electrons. The first kappa shape index (κ1) is 13.5. The van der Waals surface area contributed by atoms with Crippen LogP contribution in [-0.4, -0.2) is 32.2 Å². The minimum atomic E-state index is 0.102. The number of carbonyl (C=O) groups excluding carboxylic acids is 1. The number of nitrogens with one attached hydrogen (secondary N) is 1. The molecule has 94 valence electrons. The van der Waals surface area contributed by atoms with Gasteiger partial charge in [0, 0.05) is 19.1 Å². The van der Waals surface area contributed by atoms with Crippen LogP contribution in [0.25, 0.3) is 0 Å². The first-order chi connectivity index (χ1) is 7.67. The molecule has 1 aliphatic rings. The van der Waals surface area contributed by atoms with E-state index in [1.807, 2.05) is 6.92 Å². The van der Waals surface area contributed by atoms with E-state index in [2.05, 4.69) is 5.32 Å². The van der Waals surface area contributed by atoms with E-state index in [1.165, 1.54) is 0 Å². The number of amides is 1. The van der Waals surface area contributed by atoms with Crippen molar-refractivity contribution in [3.05, 3.63) is 0 Å². The molecule has 0 heterocycles. The van der Waals surface area contributed by atoms with E-state index in [0.29, 0.717) is 12.5 Å². The predicted octanol–water partition coefficient (Wildman–Crippen LogP) is 0.903. The molecule has 0 spiro atoms. The summed E-state index contributed by atoms with van der Waals surface area (Å²) in [7, 11) is 1.65. The van der Waals surface area contributed by atoms with Crippen LogP contribution in [0.2, 0.25) is 0 Å². The second-order valence-corrected chi connectivity index (χ2v) is 4.82. The molecule has 0 bridgehead atoms. The zero-order valence-electron chi connectivity index (χ0n) is 10.4. The third kappa shape index (κ3) is 4.10. The van der Waals surface area contributed by atoms with Gasteiger partial charge in [-0.3, -0.25) is 4.79 Å². The molecule has 1 saturated carbocycles. The molecule has 1 unspecified atom stereocenters. The molecule has 3 N–H and O–H groups in total. The molecular weight excluding hydrogens is 204 g/mol. The van der Waals surface area contributed by atoms with Gasteiger partial charge in [-0.1, -0.05) is 0 Å². The van der Waals surface area contributed by atoms with Crippen molar-refractivity contribution in [3.8, 4) is 0 Å². The molecule has 1 atom stereocenters. The Hall–Kier alpha value is -0.610. The summed E-state index contributed by atoms with van der Waals surface area (Å²) < 4.78 is 5.00. The van der Waals surface area contributed by atoms with E-state index in [4.69, 9.17) is 10.5 Å². The summed E-state index contributed by atoms with van der Waals surface area (Å²) in [6.07, 6.45) is 4.14. The quantitative estimate of drug-likeness (QED) is 0.735. The lowest BCUT2D eigenvalue weighted by molar-refractivity contribution is -0.127. The average molecular weight is 228 g/mol. The minimum absolute atomic E-state index is 0.102. The van der Waals surface area contributed by atoms with Crippen molar-refractivity contribution >= 4 is 5.91 Å². The van der Waals surface area contributed by atoms with E-state index in [-0.39, 0.29) is 17.9 Å². The third-order valence-corrected chi connectivity index (χ3v) is 3.36. The highest BCUT2D eigenvalue weighted by Gasteiger charge is 2.26. The summed E-state index contributed by atoms with van der Waals surface area (Å²) in [5.41, 5.74) is 5.63. The molecule has 16 heavy (non-hydrogen) atoms. The number of carbonyl (C=O) groups is 1. The Morgan fingerprint density at radius 3 is 2.56 bits per heavy atom. The fourth-order valence-corrected chi connectivity index (χ4v) is 2.31. The number of hydrogen-bond donors (Lipinski definition) is 2. The molecule has 0 aromatic rings. The van der Waals surface area contributed by atoms with Gasteiger partial charge < -0.3 is 15.8 Å². The van der Waals surface area contributed by atoms with Gasteiger partial charge >= 0.3 is 0 Å². The number of hydrogen-bond acceptors (Lipinski definition) is 3. The lowest BCUT2D eigenvalue weighted by Crippen LogP contribution is -2.41. The standard InChI is InChI=1S/C12H24N2O2/c1-9(8-16-2)14-12(15)11-5-3-10(7-13)4-6-11/h9-11H,3-8,13H2,1-2H3,(H,14,15). The van der Waals surface area contributed by atoms with Gasteiger partial charge in [-0.2, -0.15) is 0 Å². The van der Waals surface area contributed by atoms with Crippen molar-refractivity contribution in [2.24, 2.45) is 17.6 Å². The molecule has 1 aliphatic carbocycles. The SMILES string of the molecule is COCC(C)NC(=O)C1CCC(CN)CC1. The van der Waals surface area contributed by atoms with Crippen molar-refractivity contribution in [1.82, 2.24) is 5.32 Å². The molecule has 4 nitrogen and oxygen atoms in total. The number of methoxy groups -OCH3 is 1. The summed E-state index contributed by atoms with van der Waals surface area (Å²) in [5, 5.41) is 2.99. The smallest absolute Gasteiger partial charge is 0.223 e. The van der Waals surface area contributed by atoms with Crippen molar-refractivity contribution in [2.45, 2.75) is 38.6 Å². The predicted molar refractivity (Wildman–Crippen MR) is 64.0 cm³/mol. The number of ether oxygens (including phenoxy) is 1. The summed E-state index contributed by atoms with van der Waals surface area (Å²) in [6.45, 7) is 3.30. The second kappa shape index (κ2) is 6.86. The van der Waals surface area contributed by atoms with Crippen molar-refractivity contribution in [1.29, 1.82) is 0 Å². The van der Waals surface area contributed by atoms with Gasteiger partial charge in [0.15, 0.2) is 0 Å². The fourth-order valence-electron chi connectivity index (χ4n) is 2.31. The largest absolute Gasteiger partial charge is 0.383 e. The molecule has 1 fully saturated rings. The lowest BCUT2D eigenvalue weighted by Gasteiger charge is -2.27. The Bertz CT molecular complexity index is 213.